The quantitative estimate of drug-likeness (QED) is 0.821. The van der Waals surface area contributed by atoms with Crippen molar-refractivity contribution < 1.29 is 0 Å². The van der Waals surface area contributed by atoms with E-state index in [9.17, 15) is 0 Å². The minimum Gasteiger partial charge on any atom is -0.384 e. The van der Waals surface area contributed by atoms with Gasteiger partial charge >= 0.3 is 0 Å². The molecule has 0 spiro atoms. The molecule has 1 aromatic heterocycles. The Hall–Kier alpha value is -1.32. The molecule has 0 fully saturated rings. The third kappa shape index (κ3) is 3.17. The van der Waals surface area contributed by atoms with Gasteiger partial charge in [0.05, 0.1) is 5.52 Å². The summed E-state index contributed by atoms with van der Waals surface area (Å²) in [5.74, 6) is 0. The monoisotopic (exact) mass is 277 g/mol. The van der Waals surface area contributed by atoms with E-state index in [-0.39, 0.29) is 0 Å². The lowest BCUT2D eigenvalue weighted by Gasteiger charge is -2.12. The molecule has 0 unspecified atom stereocenters. The van der Waals surface area contributed by atoms with Gasteiger partial charge < -0.3 is 10.6 Å². The van der Waals surface area contributed by atoms with Crippen molar-refractivity contribution in [2.75, 3.05) is 25.5 Å². The molecule has 102 valence electrons. The Morgan fingerprint density at radius 1 is 1.21 bits per heavy atom. The van der Waals surface area contributed by atoms with Crippen LogP contribution in [-0.4, -0.2) is 25.1 Å². The van der Waals surface area contributed by atoms with E-state index in [0.29, 0.717) is 0 Å². The van der Waals surface area contributed by atoms with Gasteiger partial charge in [-0.3, -0.25) is 4.98 Å². The number of pyridine rings is 1. The van der Waals surface area contributed by atoms with Crippen LogP contribution in [0.25, 0.3) is 10.9 Å². The van der Waals surface area contributed by atoms with E-state index < -0.39 is 0 Å². The van der Waals surface area contributed by atoms with Crippen molar-refractivity contribution in [3.05, 3.63) is 34.5 Å². The van der Waals surface area contributed by atoms with Gasteiger partial charge in [-0.25, -0.2) is 0 Å². The Balaban J connectivity index is 2.35. The first-order chi connectivity index (χ1) is 9.13. The molecule has 0 saturated heterocycles. The standard InChI is InChI=1S/C15H20ClN3/c1-10-9-14(18-8-4-7-17-3)12-5-6-13(16)11(2)15(12)19-10/h5-6,9,17H,4,7-8H2,1-3H3,(H,18,19). The number of aromatic nitrogens is 1. The zero-order valence-electron chi connectivity index (χ0n) is 11.7. The summed E-state index contributed by atoms with van der Waals surface area (Å²) in [6, 6.07) is 6.07. The van der Waals surface area contributed by atoms with Crippen molar-refractivity contribution in [1.29, 1.82) is 0 Å². The number of aryl methyl sites for hydroxylation is 2. The van der Waals surface area contributed by atoms with Gasteiger partial charge in [-0.2, -0.15) is 0 Å². The van der Waals surface area contributed by atoms with Crippen molar-refractivity contribution in [1.82, 2.24) is 10.3 Å². The molecular formula is C15H20ClN3. The second-order valence-corrected chi connectivity index (χ2v) is 5.17. The van der Waals surface area contributed by atoms with Crippen molar-refractivity contribution in [2.45, 2.75) is 20.3 Å². The molecule has 1 heterocycles. The van der Waals surface area contributed by atoms with Crippen molar-refractivity contribution in [3.8, 4) is 0 Å². The van der Waals surface area contributed by atoms with Gasteiger partial charge in [-0.05, 0) is 57.6 Å². The largest absolute Gasteiger partial charge is 0.384 e. The van der Waals surface area contributed by atoms with Crippen LogP contribution in [0.1, 0.15) is 17.7 Å². The van der Waals surface area contributed by atoms with Crippen LogP contribution < -0.4 is 10.6 Å². The summed E-state index contributed by atoms with van der Waals surface area (Å²) in [5.41, 5.74) is 4.18. The maximum Gasteiger partial charge on any atom is 0.0769 e. The van der Waals surface area contributed by atoms with Crippen LogP contribution in [0.2, 0.25) is 5.02 Å². The Bertz CT molecular complexity index is 581. The zero-order chi connectivity index (χ0) is 13.8. The number of halogens is 1. The predicted molar refractivity (Wildman–Crippen MR) is 83.3 cm³/mol. The highest BCUT2D eigenvalue weighted by Gasteiger charge is 2.08. The highest BCUT2D eigenvalue weighted by atomic mass is 35.5. The summed E-state index contributed by atoms with van der Waals surface area (Å²) in [5, 5.41) is 8.54. The molecule has 0 atom stereocenters. The fraction of sp³-hybridized carbons (Fsp3) is 0.400. The van der Waals surface area contributed by atoms with Gasteiger partial charge in [0.25, 0.3) is 0 Å². The molecule has 19 heavy (non-hydrogen) atoms. The molecule has 4 heteroatoms. The number of hydrogen-bond donors (Lipinski definition) is 2. The van der Waals surface area contributed by atoms with E-state index in [1.807, 2.05) is 33.0 Å². The SMILES string of the molecule is CNCCCNc1cc(C)nc2c(C)c(Cl)ccc12. The number of rotatable bonds is 5. The fourth-order valence-corrected chi connectivity index (χ4v) is 2.32. The third-order valence-corrected chi connectivity index (χ3v) is 3.62. The van der Waals surface area contributed by atoms with Crippen molar-refractivity contribution in [2.24, 2.45) is 0 Å². The van der Waals surface area contributed by atoms with Crippen LogP contribution in [0, 0.1) is 13.8 Å². The third-order valence-electron chi connectivity index (χ3n) is 3.22. The second-order valence-electron chi connectivity index (χ2n) is 4.76. The van der Waals surface area contributed by atoms with Crippen molar-refractivity contribution >= 4 is 28.2 Å². The molecule has 0 radical (unpaired) electrons. The van der Waals surface area contributed by atoms with Gasteiger partial charge in [0, 0.05) is 28.3 Å². The van der Waals surface area contributed by atoms with Crippen LogP contribution in [0.15, 0.2) is 18.2 Å². The van der Waals surface area contributed by atoms with Crippen LogP contribution >= 0.6 is 11.6 Å². The lowest BCUT2D eigenvalue weighted by Crippen LogP contribution is -2.13. The molecule has 0 amide bonds. The number of nitrogens with zero attached hydrogens (tertiary/aromatic N) is 1. The zero-order valence-corrected chi connectivity index (χ0v) is 12.4. The molecule has 0 bridgehead atoms. The molecule has 3 nitrogen and oxygen atoms in total. The topological polar surface area (TPSA) is 37.0 Å². The van der Waals surface area contributed by atoms with Gasteiger partial charge in [0.15, 0.2) is 0 Å². The second kappa shape index (κ2) is 6.22. The first-order valence-corrected chi connectivity index (χ1v) is 6.96. The van der Waals surface area contributed by atoms with E-state index in [1.54, 1.807) is 0 Å². The number of benzene rings is 1. The summed E-state index contributed by atoms with van der Waals surface area (Å²) < 4.78 is 0. The Labute approximate surface area is 119 Å². The normalized spacial score (nSPS) is 10.9. The highest BCUT2D eigenvalue weighted by molar-refractivity contribution is 6.32. The minimum atomic E-state index is 0.770. The molecule has 2 aromatic rings. The average Bonchev–Trinajstić information content (AvgIpc) is 2.39. The summed E-state index contributed by atoms with van der Waals surface area (Å²) in [7, 11) is 1.97. The van der Waals surface area contributed by atoms with Gasteiger partial charge in [-0.15, -0.1) is 0 Å². The van der Waals surface area contributed by atoms with E-state index >= 15 is 0 Å². The fourth-order valence-electron chi connectivity index (χ4n) is 2.17. The molecular weight excluding hydrogens is 258 g/mol. The summed E-state index contributed by atoms with van der Waals surface area (Å²) >= 11 is 6.17. The van der Waals surface area contributed by atoms with E-state index in [0.717, 1.165) is 52.4 Å². The number of fused-ring (bicyclic) bond motifs is 1. The summed E-state index contributed by atoms with van der Waals surface area (Å²) in [6.07, 6.45) is 1.09. The molecule has 2 N–H and O–H groups in total. The average molecular weight is 278 g/mol. The lowest BCUT2D eigenvalue weighted by atomic mass is 10.1. The van der Waals surface area contributed by atoms with Crippen LogP contribution in [0.4, 0.5) is 5.69 Å². The Morgan fingerprint density at radius 2 is 2.00 bits per heavy atom. The maximum atomic E-state index is 6.17. The number of hydrogen-bond acceptors (Lipinski definition) is 3. The molecule has 0 aliphatic rings. The summed E-state index contributed by atoms with van der Waals surface area (Å²) in [6.45, 7) is 5.99. The molecule has 0 aliphatic carbocycles. The van der Waals surface area contributed by atoms with E-state index in [4.69, 9.17) is 11.6 Å². The van der Waals surface area contributed by atoms with Gasteiger partial charge in [-0.1, -0.05) is 11.6 Å². The molecule has 2 rings (SSSR count). The van der Waals surface area contributed by atoms with Crippen LogP contribution in [-0.2, 0) is 0 Å². The van der Waals surface area contributed by atoms with Gasteiger partial charge in [0.2, 0.25) is 0 Å². The maximum absolute atomic E-state index is 6.17. The number of nitrogens with one attached hydrogen (secondary N) is 2. The molecule has 0 aliphatic heterocycles. The molecule has 0 saturated carbocycles. The predicted octanol–water partition coefficient (Wildman–Crippen LogP) is 3.53. The smallest absolute Gasteiger partial charge is 0.0769 e. The van der Waals surface area contributed by atoms with Crippen molar-refractivity contribution in [3.63, 3.8) is 0 Å². The Morgan fingerprint density at radius 3 is 2.74 bits per heavy atom. The van der Waals surface area contributed by atoms with Crippen LogP contribution in [0.5, 0.6) is 0 Å². The lowest BCUT2D eigenvalue weighted by molar-refractivity contribution is 0.748. The van der Waals surface area contributed by atoms with Gasteiger partial charge in [0.1, 0.15) is 0 Å². The van der Waals surface area contributed by atoms with E-state index in [2.05, 4.69) is 21.7 Å². The Kier molecular flexibility index (Phi) is 4.61. The first kappa shape index (κ1) is 14.1. The summed E-state index contributed by atoms with van der Waals surface area (Å²) in [4.78, 5) is 4.60. The highest BCUT2D eigenvalue weighted by Crippen LogP contribution is 2.29. The first-order valence-electron chi connectivity index (χ1n) is 6.58. The van der Waals surface area contributed by atoms with Crippen LogP contribution in [0.3, 0.4) is 0 Å². The number of anilines is 1. The minimum absolute atomic E-state index is 0.770. The molecule has 1 aromatic carbocycles. The van der Waals surface area contributed by atoms with E-state index in [1.165, 1.54) is 0 Å².